The Hall–Kier alpha value is -3.36. The first-order chi connectivity index (χ1) is 16.2. The van der Waals surface area contributed by atoms with Gasteiger partial charge < -0.3 is 9.30 Å². The van der Waals surface area contributed by atoms with Crippen molar-refractivity contribution >= 4 is 11.9 Å². The molecular weight excluding hydrogens is 447 g/mol. The van der Waals surface area contributed by atoms with Crippen LogP contribution in [0.15, 0.2) is 66.9 Å². The summed E-state index contributed by atoms with van der Waals surface area (Å²) in [6, 6.07) is 14.8. The molecule has 0 spiro atoms. The van der Waals surface area contributed by atoms with E-state index in [0.29, 0.717) is 11.3 Å². The molecule has 1 atom stereocenters. The number of rotatable bonds is 10. The third kappa shape index (κ3) is 6.59. The van der Waals surface area contributed by atoms with Crippen LogP contribution in [0.3, 0.4) is 0 Å². The molecule has 1 aromatic heterocycles. The van der Waals surface area contributed by atoms with Gasteiger partial charge in [0, 0.05) is 18.3 Å². The summed E-state index contributed by atoms with van der Waals surface area (Å²) in [7, 11) is 0. The molecule has 0 bridgehead atoms. The monoisotopic (exact) mass is 473 g/mol. The molecule has 1 N–H and O–H groups in total. The maximum atomic E-state index is 13.4. The highest BCUT2D eigenvalue weighted by Gasteiger charge is 2.33. The lowest BCUT2D eigenvalue weighted by Gasteiger charge is -2.13. The second-order valence-corrected chi connectivity index (χ2v) is 7.84. The Morgan fingerprint density at radius 2 is 1.88 bits per heavy atom. The summed E-state index contributed by atoms with van der Waals surface area (Å²) in [6.45, 7) is 3.80. The molecule has 0 radical (unpaired) electrons. The predicted molar refractivity (Wildman–Crippen MR) is 123 cm³/mol. The first-order valence-corrected chi connectivity index (χ1v) is 10.8. The smallest absolute Gasteiger partial charge is 0.417 e. The standard InChI is InChI=1S/C26H26F3NO4/c1-3-19-9-11-21(12-10-19)25(31)24-15-22(26(27,28)29)16-30(24)13-5-7-20-6-4-8-23(14-20)34-18(2)17-33-32/h4-12,14-16,18,32H,3,13,17H2,1-2H3/t18-/m0/s1. The van der Waals surface area contributed by atoms with E-state index in [0.717, 1.165) is 29.8 Å². The number of hydrogen-bond donors (Lipinski definition) is 1. The minimum atomic E-state index is -4.56. The van der Waals surface area contributed by atoms with Crippen LogP contribution in [-0.4, -0.2) is 28.3 Å². The summed E-state index contributed by atoms with van der Waals surface area (Å²) in [5.74, 6) is 0.0838. The highest BCUT2D eigenvalue weighted by molar-refractivity contribution is 6.08. The molecule has 0 saturated heterocycles. The van der Waals surface area contributed by atoms with Crippen LogP contribution in [0.1, 0.15) is 46.6 Å². The first-order valence-electron chi connectivity index (χ1n) is 10.8. The fourth-order valence-corrected chi connectivity index (χ4v) is 3.41. The summed E-state index contributed by atoms with van der Waals surface area (Å²) >= 11 is 0. The molecule has 0 amide bonds. The number of benzene rings is 2. The second-order valence-electron chi connectivity index (χ2n) is 7.84. The van der Waals surface area contributed by atoms with E-state index in [1.54, 1.807) is 61.5 Å². The number of aryl methyl sites for hydroxylation is 1. The predicted octanol–water partition coefficient (Wildman–Crippen LogP) is 6.27. The number of nitrogens with zero attached hydrogens (tertiary/aromatic N) is 1. The van der Waals surface area contributed by atoms with Crippen molar-refractivity contribution in [2.75, 3.05) is 6.61 Å². The van der Waals surface area contributed by atoms with Gasteiger partial charge in [0.2, 0.25) is 5.78 Å². The summed E-state index contributed by atoms with van der Waals surface area (Å²) in [5, 5.41) is 8.52. The Morgan fingerprint density at radius 3 is 2.53 bits per heavy atom. The molecule has 3 aromatic rings. The Bertz CT molecular complexity index is 1130. The highest BCUT2D eigenvalue weighted by atomic mass is 19.4. The van der Waals surface area contributed by atoms with E-state index in [2.05, 4.69) is 4.89 Å². The van der Waals surface area contributed by atoms with Gasteiger partial charge >= 0.3 is 6.18 Å². The van der Waals surface area contributed by atoms with Crippen molar-refractivity contribution in [1.29, 1.82) is 0 Å². The van der Waals surface area contributed by atoms with Gasteiger partial charge in [-0.3, -0.25) is 10.1 Å². The van der Waals surface area contributed by atoms with Gasteiger partial charge in [-0.1, -0.05) is 55.5 Å². The topological polar surface area (TPSA) is 60.7 Å². The molecule has 3 rings (SSSR count). The van der Waals surface area contributed by atoms with Gasteiger partial charge in [-0.2, -0.15) is 13.2 Å². The highest BCUT2D eigenvalue weighted by Crippen LogP contribution is 2.31. The molecule has 0 fully saturated rings. The number of ether oxygens (including phenoxy) is 1. The van der Waals surface area contributed by atoms with E-state index in [1.165, 1.54) is 4.57 Å². The third-order valence-electron chi connectivity index (χ3n) is 5.20. The second kappa shape index (κ2) is 11.2. The number of carbonyl (C=O) groups excluding carboxylic acids is 1. The van der Waals surface area contributed by atoms with E-state index in [-0.39, 0.29) is 24.9 Å². The molecule has 0 saturated carbocycles. The SMILES string of the molecule is CCc1ccc(C(=O)c2cc(C(F)(F)F)cn2CC=Cc2cccc(O[C@@H](C)COO)c2)cc1. The number of aromatic nitrogens is 1. The molecule has 1 heterocycles. The first kappa shape index (κ1) is 25.3. The quantitative estimate of drug-likeness (QED) is 0.214. The zero-order valence-electron chi connectivity index (χ0n) is 18.9. The molecule has 0 aliphatic rings. The number of allylic oxidation sites excluding steroid dienone is 1. The van der Waals surface area contributed by atoms with Crippen LogP contribution in [0.25, 0.3) is 6.08 Å². The number of alkyl halides is 3. The van der Waals surface area contributed by atoms with Crippen LogP contribution < -0.4 is 4.74 Å². The maximum Gasteiger partial charge on any atom is 0.417 e. The fourth-order valence-electron chi connectivity index (χ4n) is 3.41. The zero-order valence-corrected chi connectivity index (χ0v) is 18.9. The molecule has 0 aliphatic carbocycles. The number of carbonyl (C=O) groups is 1. The summed E-state index contributed by atoms with van der Waals surface area (Å²) in [6.07, 6.45) is 0.234. The van der Waals surface area contributed by atoms with Crippen LogP contribution in [0, 0.1) is 0 Å². The molecule has 0 unspecified atom stereocenters. The van der Waals surface area contributed by atoms with E-state index >= 15 is 0 Å². The Labute approximate surface area is 196 Å². The number of halogens is 3. The van der Waals surface area contributed by atoms with Crippen molar-refractivity contribution in [3.8, 4) is 5.75 Å². The minimum absolute atomic E-state index is 0.00715. The molecule has 0 aliphatic heterocycles. The van der Waals surface area contributed by atoms with Crippen LogP contribution in [0.5, 0.6) is 5.75 Å². The van der Waals surface area contributed by atoms with Crippen LogP contribution >= 0.6 is 0 Å². The van der Waals surface area contributed by atoms with Gasteiger partial charge in [-0.05, 0) is 42.7 Å². The molecular formula is C26H26F3NO4. The van der Waals surface area contributed by atoms with E-state index in [9.17, 15) is 18.0 Å². The third-order valence-corrected chi connectivity index (χ3v) is 5.20. The van der Waals surface area contributed by atoms with Crippen LogP contribution in [0.2, 0.25) is 0 Å². The number of hydrogen-bond acceptors (Lipinski definition) is 4. The Balaban J connectivity index is 1.81. The van der Waals surface area contributed by atoms with Crippen molar-refractivity contribution in [2.24, 2.45) is 0 Å². The van der Waals surface area contributed by atoms with E-state index in [1.807, 2.05) is 13.0 Å². The molecule has 2 aromatic carbocycles. The molecule has 34 heavy (non-hydrogen) atoms. The molecule has 180 valence electrons. The van der Waals surface area contributed by atoms with Gasteiger partial charge in [0.25, 0.3) is 0 Å². The summed E-state index contributed by atoms with van der Waals surface area (Å²) < 4.78 is 47.0. The van der Waals surface area contributed by atoms with Gasteiger partial charge in [-0.15, -0.1) is 0 Å². The zero-order chi connectivity index (χ0) is 24.7. The van der Waals surface area contributed by atoms with Crippen molar-refractivity contribution in [1.82, 2.24) is 4.57 Å². The maximum absolute atomic E-state index is 13.4. The van der Waals surface area contributed by atoms with Crippen LogP contribution in [0.4, 0.5) is 13.2 Å². The van der Waals surface area contributed by atoms with E-state index < -0.39 is 17.5 Å². The largest absolute Gasteiger partial charge is 0.488 e. The fraction of sp³-hybridized carbons (Fsp3) is 0.269. The summed E-state index contributed by atoms with van der Waals surface area (Å²) in [5.41, 5.74) is 1.23. The number of ketones is 1. The van der Waals surface area contributed by atoms with Gasteiger partial charge in [-0.25, -0.2) is 4.89 Å². The van der Waals surface area contributed by atoms with Crippen molar-refractivity contribution in [3.05, 3.63) is 94.8 Å². The molecule has 8 heteroatoms. The van der Waals surface area contributed by atoms with Gasteiger partial charge in [0.05, 0.1) is 11.3 Å². The Morgan fingerprint density at radius 1 is 1.15 bits per heavy atom. The van der Waals surface area contributed by atoms with Crippen molar-refractivity contribution in [3.63, 3.8) is 0 Å². The summed E-state index contributed by atoms with van der Waals surface area (Å²) in [4.78, 5) is 17.1. The molecule has 5 nitrogen and oxygen atoms in total. The van der Waals surface area contributed by atoms with Crippen molar-refractivity contribution in [2.45, 2.75) is 39.1 Å². The van der Waals surface area contributed by atoms with Crippen molar-refractivity contribution < 1.29 is 32.8 Å². The van der Waals surface area contributed by atoms with E-state index in [4.69, 9.17) is 9.99 Å². The van der Waals surface area contributed by atoms with Crippen LogP contribution in [-0.2, 0) is 24.0 Å². The minimum Gasteiger partial charge on any atom is -0.488 e. The normalized spacial score (nSPS) is 12.8. The Kier molecular flexibility index (Phi) is 8.31. The lowest BCUT2D eigenvalue weighted by atomic mass is 10.0. The average Bonchev–Trinajstić information content (AvgIpc) is 3.24. The van der Waals surface area contributed by atoms with Gasteiger partial charge in [0.1, 0.15) is 18.5 Å². The van der Waals surface area contributed by atoms with Gasteiger partial charge in [0.15, 0.2) is 0 Å². The average molecular weight is 473 g/mol. The lowest BCUT2D eigenvalue weighted by Crippen LogP contribution is -2.18. The lowest BCUT2D eigenvalue weighted by molar-refractivity contribution is -0.253.